The molecule has 0 aliphatic heterocycles. The normalized spacial score (nSPS) is 15.4. The average Bonchev–Trinajstić information content (AvgIpc) is 3.41. The maximum Gasteiger partial charge on any atom is 0.212 e. The fourth-order valence-corrected chi connectivity index (χ4v) is 6.49. The first-order valence-electron chi connectivity index (χ1n) is 11.1. The number of benzene rings is 2. The monoisotopic (exact) mass is 481 g/mol. The number of hydrogen-bond donors (Lipinski definition) is 1. The number of thiazole rings is 1. The molecule has 6 nitrogen and oxygen atoms in total. The molecule has 1 aliphatic rings. The number of rotatable bonds is 8. The van der Waals surface area contributed by atoms with E-state index in [1.54, 1.807) is 11.3 Å². The third-order valence-electron chi connectivity index (χ3n) is 5.55. The largest absolute Gasteiger partial charge is 0.490 e. The molecule has 4 rings (SSSR count). The van der Waals surface area contributed by atoms with Crippen LogP contribution < -0.4 is 9.46 Å². The molecule has 172 valence electrons. The smallest absolute Gasteiger partial charge is 0.212 e. The van der Waals surface area contributed by atoms with E-state index in [-0.39, 0.29) is 17.9 Å². The van der Waals surface area contributed by atoms with Gasteiger partial charge in [0, 0.05) is 17.8 Å². The molecular formula is C25H27N3O3S2. The topological polar surface area (TPSA) is 92.1 Å². The van der Waals surface area contributed by atoms with Crippen LogP contribution in [0.25, 0.3) is 21.0 Å². The standard InChI is InChI=1S/C25H27N3O3S2/c1-4-12-33(29,30)28-22-10-9-19-20(22)6-5-7-21(19)24-15-27-25(32-24)17-8-11-23(31-16(2)3)18(13-17)14-26/h5-8,11,13,15-16,22,28H,4,9-10,12H2,1-3H3/t22-/m0/s1. The lowest BCUT2D eigenvalue weighted by Crippen LogP contribution is -2.29. The van der Waals surface area contributed by atoms with Gasteiger partial charge >= 0.3 is 0 Å². The Labute approximate surface area is 199 Å². The van der Waals surface area contributed by atoms with Crippen molar-refractivity contribution < 1.29 is 13.2 Å². The molecule has 1 N–H and O–H groups in total. The first kappa shape index (κ1) is 23.4. The number of fused-ring (bicyclic) bond motifs is 1. The van der Waals surface area contributed by atoms with Gasteiger partial charge in [-0.15, -0.1) is 11.3 Å². The summed E-state index contributed by atoms with van der Waals surface area (Å²) < 4.78 is 33.2. The van der Waals surface area contributed by atoms with Crippen molar-refractivity contribution in [3.63, 3.8) is 0 Å². The molecule has 0 saturated heterocycles. The fourth-order valence-electron chi connectivity index (χ4n) is 4.19. The zero-order valence-corrected chi connectivity index (χ0v) is 20.6. The number of nitrogens with zero attached hydrogens (tertiary/aromatic N) is 2. The summed E-state index contributed by atoms with van der Waals surface area (Å²) in [6.45, 7) is 5.73. The van der Waals surface area contributed by atoms with E-state index in [9.17, 15) is 13.7 Å². The number of ether oxygens (including phenoxy) is 1. The summed E-state index contributed by atoms with van der Waals surface area (Å²) in [6, 6.07) is 13.6. The molecule has 1 atom stereocenters. The molecule has 1 aliphatic carbocycles. The van der Waals surface area contributed by atoms with Gasteiger partial charge in [0.2, 0.25) is 10.0 Å². The van der Waals surface area contributed by atoms with E-state index in [1.165, 1.54) is 5.56 Å². The highest BCUT2D eigenvalue weighted by atomic mass is 32.2. The van der Waals surface area contributed by atoms with Gasteiger partial charge in [-0.05, 0) is 68.0 Å². The molecule has 0 bridgehead atoms. The van der Waals surface area contributed by atoms with Crippen molar-refractivity contribution in [3.05, 3.63) is 59.3 Å². The van der Waals surface area contributed by atoms with E-state index in [2.05, 4.69) is 21.8 Å². The Kier molecular flexibility index (Phi) is 6.84. The Morgan fingerprint density at radius 2 is 2.12 bits per heavy atom. The van der Waals surface area contributed by atoms with Crippen molar-refractivity contribution in [1.29, 1.82) is 5.26 Å². The van der Waals surface area contributed by atoms with E-state index in [0.717, 1.165) is 39.4 Å². The lowest BCUT2D eigenvalue weighted by atomic mass is 10.0. The summed E-state index contributed by atoms with van der Waals surface area (Å²) in [5.41, 5.74) is 4.67. The molecule has 0 spiro atoms. The molecule has 8 heteroatoms. The second-order valence-electron chi connectivity index (χ2n) is 8.42. The highest BCUT2D eigenvalue weighted by molar-refractivity contribution is 7.89. The van der Waals surface area contributed by atoms with Crippen LogP contribution in [0.4, 0.5) is 0 Å². The Balaban J connectivity index is 1.63. The molecule has 0 unspecified atom stereocenters. The maximum absolute atomic E-state index is 12.3. The van der Waals surface area contributed by atoms with E-state index in [4.69, 9.17) is 4.74 Å². The van der Waals surface area contributed by atoms with Crippen LogP contribution in [0.1, 0.15) is 56.3 Å². The maximum atomic E-state index is 12.3. The third kappa shape index (κ3) is 5.11. The molecule has 0 fully saturated rings. The van der Waals surface area contributed by atoms with E-state index >= 15 is 0 Å². The Bertz CT molecular complexity index is 1310. The van der Waals surface area contributed by atoms with Gasteiger partial charge in [-0.25, -0.2) is 18.1 Å². The Hall–Kier alpha value is -2.73. The predicted molar refractivity (Wildman–Crippen MR) is 132 cm³/mol. The summed E-state index contributed by atoms with van der Waals surface area (Å²) in [7, 11) is -3.28. The lowest BCUT2D eigenvalue weighted by Gasteiger charge is -2.14. The molecule has 33 heavy (non-hydrogen) atoms. The summed E-state index contributed by atoms with van der Waals surface area (Å²) in [4.78, 5) is 5.64. The van der Waals surface area contributed by atoms with Crippen LogP contribution in [-0.4, -0.2) is 25.3 Å². The quantitative estimate of drug-likeness (QED) is 0.462. The number of sulfonamides is 1. The van der Waals surface area contributed by atoms with Crippen molar-refractivity contribution in [3.8, 4) is 32.8 Å². The Morgan fingerprint density at radius 3 is 2.85 bits per heavy atom. The number of hydrogen-bond acceptors (Lipinski definition) is 6. The van der Waals surface area contributed by atoms with Gasteiger partial charge in [-0.3, -0.25) is 0 Å². The molecule has 0 radical (unpaired) electrons. The lowest BCUT2D eigenvalue weighted by molar-refractivity contribution is 0.242. The van der Waals surface area contributed by atoms with Crippen LogP contribution in [-0.2, 0) is 16.4 Å². The first-order chi connectivity index (χ1) is 15.8. The highest BCUT2D eigenvalue weighted by Crippen LogP contribution is 2.41. The fraction of sp³-hybridized carbons (Fsp3) is 0.360. The number of nitriles is 1. The van der Waals surface area contributed by atoms with Crippen LogP contribution in [0.5, 0.6) is 5.75 Å². The van der Waals surface area contributed by atoms with Crippen LogP contribution in [0, 0.1) is 11.3 Å². The van der Waals surface area contributed by atoms with Gasteiger partial charge in [-0.2, -0.15) is 5.26 Å². The van der Waals surface area contributed by atoms with Crippen molar-refractivity contribution in [1.82, 2.24) is 9.71 Å². The minimum absolute atomic E-state index is 0.00938. The summed E-state index contributed by atoms with van der Waals surface area (Å²) in [5, 5.41) is 10.4. The Morgan fingerprint density at radius 1 is 1.30 bits per heavy atom. The summed E-state index contributed by atoms with van der Waals surface area (Å²) in [6.07, 6.45) is 4.01. The van der Waals surface area contributed by atoms with Gasteiger partial charge < -0.3 is 4.74 Å². The highest BCUT2D eigenvalue weighted by Gasteiger charge is 2.28. The van der Waals surface area contributed by atoms with Crippen molar-refractivity contribution in [2.45, 2.75) is 52.2 Å². The van der Waals surface area contributed by atoms with E-state index in [0.29, 0.717) is 17.7 Å². The average molecular weight is 482 g/mol. The van der Waals surface area contributed by atoms with Crippen LogP contribution in [0.3, 0.4) is 0 Å². The number of nitrogens with one attached hydrogen (secondary N) is 1. The molecular weight excluding hydrogens is 454 g/mol. The van der Waals surface area contributed by atoms with Crippen molar-refractivity contribution in [2.75, 3.05) is 5.75 Å². The summed E-state index contributed by atoms with van der Waals surface area (Å²) in [5.74, 6) is 0.716. The molecule has 1 heterocycles. The van der Waals surface area contributed by atoms with Gasteiger partial charge in [0.25, 0.3) is 0 Å². The minimum atomic E-state index is -3.28. The zero-order chi connectivity index (χ0) is 23.6. The second kappa shape index (κ2) is 9.64. The zero-order valence-electron chi connectivity index (χ0n) is 19.0. The number of aromatic nitrogens is 1. The molecule has 0 saturated carbocycles. The van der Waals surface area contributed by atoms with E-state index in [1.807, 2.05) is 57.3 Å². The van der Waals surface area contributed by atoms with Crippen LogP contribution in [0.2, 0.25) is 0 Å². The predicted octanol–water partition coefficient (Wildman–Crippen LogP) is 5.45. The van der Waals surface area contributed by atoms with Gasteiger partial charge in [0.1, 0.15) is 16.8 Å². The summed E-state index contributed by atoms with van der Waals surface area (Å²) >= 11 is 1.57. The first-order valence-corrected chi connectivity index (χ1v) is 13.6. The molecule has 3 aromatic rings. The molecule has 0 amide bonds. The molecule has 1 aromatic heterocycles. The van der Waals surface area contributed by atoms with Gasteiger partial charge in [0.15, 0.2) is 0 Å². The second-order valence-corrected chi connectivity index (χ2v) is 11.3. The van der Waals surface area contributed by atoms with Crippen molar-refractivity contribution >= 4 is 21.4 Å². The minimum Gasteiger partial charge on any atom is -0.490 e. The van der Waals surface area contributed by atoms with Crippen LogP contribution >= 0.6 is 11.3 Å². The van der Waals surface area contributed by atoms with E-state index < -0.39 is 10.0 Å². The third-order valence-corrected chi connectivity index (χ3v) is 8.22. The molecule has 2 aromatic carbocycles. The van der Waals surface area contributed by atoms with Crippen LogP contribution in [0.15, 0.2) is 42.6 Å². The van der Waals surface area contributed by atoms with Gasteiger partial charge in [-0.1, -0.05) is 25.1 Å². The van der Waals surface area contributed by atoms with Gasteiger partial charge in [0.05, 0.1) is 22.3 Å². The SMILES string of the molecule is CCCS(=O)(=O)N[C@H]1CCc2c(-c3cnc(-c4ccc(OC(C)C)c(C#N)c4)s3)cccc21. The van der Waals surface area contributed by atoms with Crippen molar-refractivity contribution in [2.24, 2.45) is 0 Å².